The zero-order valence-corrected chi connectivity index (χ0v) is 28.4. The maximum atomic E-state index is 12.2. The first-order valence-corrected chi connectivity index (χ1v) is 16.8. The highest BCUT2D eigenvalue weighted by atomic mass is 16.7. The number of aliphatic hydroxyl groups excluding tert-OH is 4. The number of hydrogen-bond donors (Lipinski definition) is 8. The maximum Gasteiger partial charge on any atom is 0.317 e. The third-order valence-electron chi connectivity index (χ3n) is 9.47. The Morgan fingerprint density at radius 3 is 2.62 bits per heavy atom. The molecule has 5 heterocycles. The van der Waals surface area contributed by atoms with Gasteiger partial charge in [0.1, 0.15) is 55.0 Å². The predicted octanol–water partition coefficient (Wildman–Crippen LogP) is -0.176. The lowest BCUT2D eigenvalue weighted by Crippen LogP contribution is -2.66. The second kappa shape index (κ2) is 14.7. The molecule has 0 spiro atoms. The van der Waals surface area contributed by atoms with Gasteiger partial charge in [-0.3, -0.25) is 9.59 Å². The number of hydrogen-bond acceptors (Lipinski definition) is 15. The first-order valence-electron chi connectivity index (χ1n) is 16.8. The summed E-state index contributed by atoms with van der Waals surface area (Å²) in [7, 11) is 1.51. The molecule has 0 bridgehead atoms. The van der Waals surface area contributed by atoms with Crippen molar-refractivity contribution in [3.05, 3.63) is 65.6 Å². The number of rotatable bonds is 13. The molecule has 53 heavy (non-hydrogen) atoms. The van der Waals surface area contributed by atoms with Gasteiger partial charge in [-0.15, -0.1) is 0 Å². The number of carbonyl (C=O) groups excluding carboxylic acids is 1. The molecule has 18 nitrogen and oxygen atoms in total. The van der Waals surface area contributed by atoms with Gasteiger partial charge in [0.2, 0.25) is 12.0 Å². The number of carbonyl (C=O) groups is 2. The number of aromatic nitrogens is 2. The number of carboxylic acid groups (broad SMARTS) is 1. The van der Waals surface area contributed by atoms with Crippen molar-refractivity contribution in [3.63, 3.8) is 0 Å². The molecule has 0 radical (unpaired) electrons. The Bertz CT molecular complexity index is 1950. The number of benzene rings is 2. The summed E-state index contributed by atoms with van der Waals surface area (Å²) in [4.78, 5) is 26.4. The van der Waals surface area contributed by atoms with Gasteiger partial charge < -0.3 is 79.7 Å². The Morgan fingerprint density at radius 1 is 1.09 bits per heavy atom. The van der Waals surface area contributed by atoms with Crippen LogP contribution < -0.4 is 35.2 Å². The molecule has 284 valence electrons. The Balaban J connectivity index is 1.23. The molecule has 7 rings (SSSR count). The number of nitrogens with two attached hydrogens (primary N) is 2. The van der Waals surface area contributed by atoms with Crippen molar-refractivity contribution in [2.24, 2.45) is 11.5 Å². The highest BCUT2D eigenvalue weighted by molar-refractivity contribution is 5.90. The summed E-state index contributed by atoms with van der Waals surface area (Å²) >= 11 is 0. The van der Waals surface area contributed by atoms with Crippen LogP contribution in [0.4, 0.5) is 0 Å². The molecule has 18 heteroatoms. The fourth-order valence-electron chi connectivity index (χ4n) is 7.05. The average molecular weight is 741 g/mol. The van der Waals surface area contributed by atoms with E-state index in [1.165, 1.54) is 7.11 Å². The van der Waals surface area contributed by atoms with Crippen molar-refractivity contribution in [2.75, 3.05) is 26.9 Å². The van der Waals surface area contributed by atoms with Crippen LogP contribution in [0.3, 0.4) is 0 Å². The van der Waals surface area contributed by atoms with Crippen molar-refractivity contribution >= 4 is 22.8 Å². The normalized spacial score (nSPS) is 25.1. The SMILES string of the molecule is COc1ccc2c(c1OCCO)OC1c3c(Cn4cc5cc[nH]c5c4)cc(OC4OC(C(OC(=O)CC(=O)O)C(N)N)C(O)C(O)C4O)cc3OCC21. The minimum absolute atomic E-state index is 0.0235. The molecule has 2 aromatic carbocycles. The zero-order valence-electron chi connectivity index (χ0n) is 28.4. The topological polar surface area (TPSA) is 273 Å². The molecule has 4 aromatic rings. The molecular weight excluding hydrogens is 700 g/mol. The number of esters is 1. The average Bonchev–Trinajstić information content (AvgIpc) is 3.83. The summed E-state index contributed by atoms with van der Waals surface area (Å²) < 4.78 is 43.4. The van der Waals surface area contributed by atoms with Crippen molar-refractivity contribution < 1.29 is 68.3 Å². The molecule has 2 aromatic heterocycles. The minimum Gasteiger partial charge on any atom is -0.493 e. The molecule has 8 atom stereocenters. The maximum absolute atomic E-state index is 12.2. The fraction of sp³-hybridized carbons (Fsp3) is 0.429. The van der Waals surface area contributed by atoms with Crippen LogP contribution in [-0.4, -0.2) is 117 Å². The summed E-state index contributed by atoms with van der Waals surface area (Å²) in [5.74, 6) is -1.12. The first kappa shape index (κ1) is 36.3. The monoisotopic (exact) mass is 740 g/mol. The van der Waals surface area contributed by atoms with Gasteiger partial charge in [-0.25, -0.2) is 0 Å². The van der Waals surface area contributed by atoms with Crippen molar-refractivity contribution in [3.8, 4) is 28.7 Å². The highest BCUT2D eigenvalue weighted by Crippen LogP contribution is 2.57. The number of ether oxygens (including phenoxy) is 7. The molecule has 1 saturated heterocycles. The van der Waals surface area contributed by atoms with Gasteiger partial charge in [0, 0.05) is 47.7 Å². The summed E-state index contributed by atoms with van der Waals surface area (Å²) in [5, 5.41) is 52.0. The van der Waals surface area contributed by atoms with Crippen molar-refractivity contribution in [1.82, 2.24) is 9.55 Å². The second-order valence-corrected chi connectivity index (χ2v) is 13.0. The Labute approximate surface area is 301 Å². The molecular formula is C35H40N4O14. The number of aliphatic hydroxyl groups is 4. The fourth-order valence-corrected chi connectivity index (χ4v) is 7.05. The molecule has 3 aliphatic rings. The lowest BCUT2D eigenvalue weighted by molar-refractivity contribution is -0.291. The lowest BCUT2D eigenvalue weighted by atomic mass is 9.86. The second-order valence-electron chi connectivity index (χ2n) is 13.0. The van der Waals surface area contributed by atoms with Gasteiger partial charge in [0.25, 0.3) is 0 Å². The van der Waals surface area contributed by atoms with Crippen molar-refractivity contribution in [1.29, 1.82) is 0 Å². The number of nitrogens with zero attached hydrogens (tertiary/aromatic N) is 1. The molecule has 0 saturated carbocycles. The van der Waals surface area contributed by atoms with E-state index in [1.807, 2.05) is 35.3 Å². The number of nitrogens with one attached hydrogen (secondary N) is 1. The molecule has 3 aliphatic heterocycles. The molecule has 1 fully saturated rings. The van der Waals surface area contributed by atoms with Crippen LogP contribution in [0.2, 0.25) is 0 Å². The Hall–Kier alpha value is -5.08. The van der Waals surface area contributed by atoms with E-state index in [1.54, 1.807) is 18.2 Å². The third-order valence-corrected chi connectivity index (χ3v) is 9.47. The lowest BCUT2D eigenvalue weighted by Gasteiger charge is -2.43. The van der Waals surface area contributed by atoms with Crippen LogP contribution >= 0.6 is 0 Å². The highest BCUT2D eigenvalue weighted by Gasteiger charge is 2.50. The molecule has 8 unspecified atom stereocenters. The smallest absolute Gasteiger partial charge is 0.317 e. The van der Waals surface area contributed by atoms with E-state index in [-0.39, 0.29) is 31.5 Å². The number of aromatic amines is 1. The largest absolute Gasteiger partial charge is 0.493 e. The minimum atomic E-state index is -1.88. The molecule has 0 aliphatic carbocycles. The first-order chi connectivity index (χ1) is 25.5. The predicted molar refractivity (Wildman–Crippen MR) is 181 cm³/mol. The van der Waals surface area contributed by atoms with E-state index < -0.39 is 67.4 Å². The summed E-state index contributed by atoms with van der Waals surface area (Å²) in [6.07, 6.45) is -7.76. The van der Waals surface area contributed by atoms with Crippen molar-refractivity contribution in [2.45, 2.75) is 68.0 Å². The van der Waals surface area contributed by atoms with Crippen LogP contribution in [-0.2, 0) is 25.6 Å². The van der Waals surface area contributed by atoms with E-state index in [0.717, 1.165) is 16.5 Å². The van der Waals surface area contributed by atoms with Gasteiger partial charge >= 0.3 is 11.9 Å². The number of aliphatic carboxylic acids is 1. The van der Waals surface area contributed by atoms with Gasteiger partial charge in [0.15, 0.2) is 17.6 Å². The van der Waals surface area contributed by atoms with Crippen LogP contribution in [0.15, 0.2) is 48.9 Å². The van der Waals surface area contributed by atoms with Gasteiger partial charge in [-0.05, 0) is 23.8 Å². The van der Waals surface area contributed by atoms with Gasteiger partial charge in [-0.2, -0.15) is 0 Å². The Kier molecular flexibility index (Phi) is 10.1. The molecule has 0 amide bonds. The van der Waals surface area contributed by atoms with Crippen LogP contribution in [0, 0.1) is 0 Å². The number of fused-ring (bicyclic) bond motifs is 6. The summed E-state index contributed by atoms with van der Waals surface area (Å²) in [6, 6.07) is 8.89. The Morgan fingerprint density at radius 2 is 1.91 bits per heavy atom. The van der Waals surface area contributed by atoms with E-state index in [0.29, 0.717) is 40.7 Å². The van der Waals surface area contributed by atoms with E-state index in [2.05, 4.69) is 4.98 Å². The number of H-pyrrole nitrogens is 1. The van der Waals surface area contributed by atoms with E-state index >= 15 is 0 Å². The van der Waals surface area contributed by atoms with Gasteiger partial charge in [0.05, 0.1) is 37.9 Å². The molecule has 10 N–H and O–H groups in total. The van der Waals surface area contributed by atoms with Gasteiger partial charge in [-0.1, -0.05) is 6.07 Å². The number of methoxy groups -OCH3 is 1. The van der Waals surface area contributed by atoms with E-state index in [4.69, 9.17) is 49.7 Å². The summed E-state index contributed by atoms with van der Waals surface area (Å²) in [5.41, 5.74) is 14.8. The quantitative estimate of drug-likeness (QED) is 0.0502. The van der Waals surface area contributed by atoms with Crippen LogP contribution in [0.5, 0.6) is 28.7 Å². The standard InChI is InChI=1S/C35H40N4O14/c1-47-21-3-2-18-19-14-49-22-9-17(50-35-28(46)26(44)27(45)32(53-35)33(34(36)37)51-24(43)10-23(41)42)8-16(12-39-11-15-4-5-38-20(15)13-39)25(22)29(19)52-30(18)31(21)48-7-6-40/h2-5,8-9,11,13,19,26-29,32-35,38,40,44-46H,6-7,10,12,14,36-37H2,1H3,(H,41,42). The van der Waals surface area contributed by atoms with Crippen LogP contribution in [0.1, 0.15) is 35.1 Å². The van der Waals surface area contributed by atoms with Crippen LogP contribution in [0.25, 0.3) is 10.9 Å². The summed E-state index contributed by atoms with van der Waals surface area (Å²) in [6.45, 7) is 0.331. The third kappa shape index (κ3) is 6.93. The number of carboxylic acids is 1. The van der Waals surface area contributed by atoms with E-state index in [9.17, 15) is 30.0 Å². The zero-order chi connectivity index (χ0) is 37.6.